The van der Waals surface area contributed by atoms with E-state index in [9.17, 15) is 17.6 Å². The van der Waals surface area contributed by atoms with Crippen LogP contribution in [0.4, 0.5) is 4.39 Å². The van der Waals surface area contributed by atoms with Gasteiger partial charge in [-0.2, -0.15) is 12.8 Å². The summed E-state index contributed by atoms with van der Waals surface area (Å²) in [4.78, 5) is 10.4. The number of hydrogen-bond donors (Lipinski definition) is 1. The second kappa shape index (κ2) is 3.47. The standard InChI is InChI=1S/C4H4FNO4S.Li.H/c1-2-3(5)4(7)6-11(8,9)10-2;;/h1H3,(H,6,7);;. The minimum atomic E-state index is -4.11. The molecule has 0 radical (unpaired) electrons. The summed E-state index contributed by atoms with van der Waals surface area (Å²) in [6.45, 7) is 1.05. The molecule has 64 valence electrons. The van der Waals surface area contributed by atoms with Gasteiger partial charge in [0.05, 0.1) is 0 Å². The Balaban J connectivity index is 0.00000121. The number of allylic oxidation sites excluding steroid dienone is 1. The summed E-state index contributed by atoms with van der Waals surface area (Å²) < 4.78 is 38.6. The van der Waals surface area contributed by atoms with E-state index in [0.29, 0.717) is 0 Å². The minimum absolute atomic E-state index is 0. The van der Waals surface area contributed by atoms with Gasteiger partial charge in [0.15, 0.2) is 5.76 Å². The van der Waals surface area contributed by atoms with Gasteiger partial charge in [0.2, 0.25) is 5.83 Å². The summed E-state index contributed by atoms with van der Waals surface area (Å²) in [6.07, 6.45) is 0. The number of carbonyl (C=O) groups is 1. The van der Waals surface area contributed by atoms with Crippen molar-refractivity contribution in [2.24, 2.45) is 0 Å². The quantitative estimate of drug-likeness (QED) is 0.492. The van der Waals surface area contributed by atoms with Crippen molar-refractivity contribution in [3.8, 4) is 0 Å². The summed E-state index contributed by atoms with van der Waals surface area (Å²) >= 11 is 0. The van der Waals surface area contributed by atoms with Crippen LogP contribution in [0.1, 0.15) is 6.92 Å². The molecule has 8 heteroatoms. The van der Waals surface area contributed by atoms with Crippen LogP contribution in [0.5, 0.6) is 0 Å². The van der Waals surface area contributed by atoms with Gasteiger partial charge < -0.3 is 4.18 Å². The van der Waals surface area contributed by atoms with Gasteiger partial charge >= 0.3 is 29.2 Å². The van der Waals surface area contributed by atoms with Crippen molar-refractivity contribution in [2.75, 3.05) is 0 Å². The molecule has 0 saturated carbocycles. The Bertz CT molecular complexity index is 335. The SMILES string of the molecule is CC1=C(F)C(=O)NS(=O)(=O)O1.[LiH]. The molecule has 1 aliphatic heterocycles. The van der Waals surface area contributed by atoms with Crippen LogP contribution in [0.25, 0.3) is 0 Å². The number of nitrogens with one attached hydrogen (secondary N) is 1. The summed E-state index contributed by atoms with van der Waals surface area (Å²) in [7, 11) is -4.11. The third-order valence-corrected chi connectivity index (χ3v) is 1.87. The van der Waals surface area contributed by atoms with Crippen LogP contribution >= 0.6 is 0 Å². The molecular formula is C4H5FLiNO4S. The normalized spacial score (nSPS) is 20.7. The third kappa shape index (κ3) is 2.23. The topological polar surface area (TPSA) is 72.5 Å². The van der Waals surface area contributed by atoms with Crippen molar-refractivity contribution in [3.05, 3.63) is 11.6 Å². The molecule has 0 aromatic heterocycles. The molecule has 5 nitrogen and oxygen atoms in total. The van der Waals surface area contributed by atoms with Crippen molar-refractivity contribution in [2.45, 2.75) is 6.92 Å². The van der Waals surface area contributed by atoms with Crippen LogP contribution in [0.15, 0.2) is 11.6 Å². The number of carbonyl (C=O) groups excluding carboxylic acids is 1. The fourth-order valence-corrected chi connectivity index (χ4v) is 1.30. The van der Waals surface area contributed by atoms with E-state index in [1.807, 2.05) is 0 Å². The third-order valence-electron chi connectivity index (χ3n) is 0.961. The second-order valence-electron chi connectivity index (χ2n) is 1.84. The van der Waals surface area contributed by atoms with Crippen molar-refractivity contribution in [1.29, 1.82) is 0 Å². The van der Waals surface area contributed by atoms with Crippen molar-refractivity contribution >= 4 is 35.1 Å². The summed E-state index contributed by atoms with van der Waals surface area (Å²) in [5.74, 6) is -3.07. The van der Waals surface area contributed by atoms with E-state index < -0.39 is 27.8 Å². The fraction of sp³-hybridized carbons (Fsp3) is 0.250. The molecular weight excluding hydrogens is 184 g/mol. The predicted octanol–water partition coefficient (Wildman–Crippen LogP) is -1.07. The van der Waals surface area contributed by atoms with Crippen LogP contribution in [0.3, 0.4) is 0 Å². The van der Waals surface area contributed by atoms with Gasteiger partial charge in [-0.25, -0.2) is 4.72 Å². The van der Waals surface area contributed by atoms with E-state index in [2.05, 4.69) is 4.18 Å². The Morgan fingerprint density at radius 1 is 1.50 bits per heavy atom. The zero-order chi connectivity index (χ0) is 8.65. The molecule has 0 aliphatic carbocycles. The summed E-state index contributed by atoms with van der Waals surface area (Å²) in [6, 6.07) is 0. The molecule has 1 amide bonds. The van der Waals surface area contributed by atoms with Gasteiger partial charge in [0.25, 0.3) is 5.91 Å². The van der Waals surface area contributed by atoms with Crippen molar-refractivity contribution < 1.29 is 21.8 Å². The Hall–Kier alpha value is -0.513. The first kappa shape index (κ1) is 11.5. The van der Waals surface area contributed by atoms with Crippen LogP contribution in [-0.2, 0) is 19.3 Å². The monoisotopic (exact) mass is 189 g/mol. The van der Waals surface area contributed by atoms with Crippen LogP contribution < -0.4 is 4.72 Å². The molecule has 0 unspecified atom stereocenters. The van der Waals surface area contributed by atoms with Crippen molar-refractivity contribution in [1.82, 2.24) is 4.72 Å². The Morgan fingerprint density at radius 2 is 2.00 bits per heavy atom. The van der Waals surface area contributed by atoms with E-state index >= 15 is 0 Å². The van der Waals surface area contributed by atoms with Crippen LogP contribution in [0, 0.1) is 0 Å². The maximum absolute atomic E-state index is 12.4. The Morgan fingerprint density at radius 3 is 2.42 bits per heavy atom. The molecule has 0 aromatic carbocycles. The Kier molecular flexibility index (Phi) is 3.32. The molecule has 0 fully saturated rings. The first-order valence-electron chi connectivity index (χ1n) is 2.55. The zero-order valence-corrected chi connectivity index (χ0v) is 6.24. The van der Waals surface area contributed by atoms with Gasteiger partial charge in [-0.05, 0) is 6.92 Å². The first-order valence-corrected chi connectivity index (χ1v) is 3.96. The van der Waals surface area contributed by atoms with Gasteiger partial charge in [0.1, 0.15) is 0 Å². The maximum atomic E-state index is 12.4. The van der Waals surface area contributed by atoms with Gasteiger partial charge in [-0.1, -0.05) is 0 Å². The van der Waals surface area contributed by atoms with Gasteiger partial charge in [-0.15, -0.1) is 0 Å². The molecule has 12 heavy (non-hydrogen) atoms. The number of rotatable bonds is 0. The zero-order valence-electron chi connectivity index (χ0n) is 5.42. The van der Waals surface area contributed by atoms with Gasteiger partial charge in [-0.3, -0.25) is 4.79 Å². The van der Waals surface area contributed by atoms with Gasteiger partial charge in [0, 0.05) is 0 Å². The second-order valence-corrected chi connectivity index (χ2v) is 3.12. The van der Waals surface area contributed by atoms with E-state index in [4.69, 9.17) is 0 Å². The number of amides is 1. The summed E-state index contributed by atoms with van der Waals surface area (Å²) in [5, 5.41) is 0. The molecule has 0 atom stereocenters. The molecule has 1 heterocycles. The number of halogens is 1. The summed E-state index contributed by atoms with van der Waals surface area (Å²) in [5.41, 5.74) is 0. The average molecular weight is 189 g/mol. The Labute approximate surface area is 80.4 Å². The van der Waals surface area contributed by atoms with E-state index in [-0.39, 0.29) is 18.9 Å². The molecule has 0 saturated heterocycles. The fourth-order valence-electron chi connectivity index (χ4n) is 0.540. The average Bonchev–Trinajstić information content (AvgIpc) is 1.81. The van der Waals surface area contributed by atoms with E-state index in [0.717, 1.165) is 6.92 Å². The number of hydrogen-bond acceptors (Lipinski definition) is 4. The van der Waals surface area contributed by atoms with Crippen LogP contribution in [0.2, 0.25) is 0 Å². The van der Waals surface area contributed by atoms with Crippen molar-refractivity contribution in [3.63, 3.8) is 0 Å². The predicted molar refractivity (Wildman–Crippen MR) is 39.1 cm³/mol. The first-order chi connectivity index (χ1) is 4.92. The molecule has 1 N–H and O–H groups in total. The molecule has 1 rings (SSSR count). The molecule has 1 aliphatic rings. The van der Waals surface area contributed by atoms with E-state index in [1.54, 1.807) is 0 Å². The molecule has 0 aromatic rings. The van der Waals surface area contributed by atoms with E-state index in [1.165, 1.54) is 4.72 Å². The molecule has 0 spiro atoms. The molecule has 0 bridgehead atoms. The van der Waals surface area contributed by atoms with Crippen LogP contribution in [-0.4, -0.2) is 33.2 Å².